The van der Waals surface area contributed by atoms with E-state index in [1.165, 1.54) is 38.7 Å². The highest BCUT2D eigenvalue weighted by molar-refractivity contribution is 5.83. The van der Waals surface area contributed by atoms with Crippen molar-refractivity contribution in [3.8, 4) is 0 Å². The number of aryl methyl sites for hydroxylation is 4. The second-order valence-corrected chi connectivity index (χ2v) is 8.38. The Morgan fingerprint density at radius 2 is 1.90 bits per heavy atom. The molecule has 0 spiro atoms. The Morgan fingerprint density at radius 1 is 0.967 bits per heavy atom. The third-order valence-electron chi connectivity index (χ3n) is 6.04. The van der Waals surface area contributed by atoms with Crippen LogP contribution >= 0.6 is 0 Å². The van der Waals surface area contributed by atoms with Crippen molar-refractivity contribution in [3.63, 3.8) is 0 Å². The van der Waals surface area contributed by atoms with E-state index in [0.29, 0.717) is 0 Å². The van der Waals surface area contributed by atoms with E-state index in [0.717, 1.165) is 50.0 Å². The number of allylic oxidation sites excluding steroid dienone is 1. The van der Waals surface area contributed by atoms with Crippen molar-refractivity contribution in [1.29, 1.82) is 0 Å². The van der Waals surface area contributed by atoms with Crippen molar-refractivity contribution < 1.29 is 0 Å². The second-order valence-electron chi connectivity index (χ2n) is 8.38. The fraction of sp³-hybridized carbons (Fsp3) is 0.259. The molecule has 1 N–H and O–H groups in total. The number of H-pyrrole nitrogens is 1. The highest BCUT2D eigenvalue weighted by atomic mass is 14.9. The fourth-order valence-corrected chi connectivity index (χ4v) is 4.46. The molecule has 30 heavy (non-hydrogen) atoms. The molecule has 3 heteroatoms. The Hall–Kier alpha value is -3.20. The summed E-state index contributed by atoms with van der Waals surface area (Å²) in [6, 6.07) is 17.4. The maximum absolute atomic E-state index is 4.82. The monoisotopic (exact) mass is 393 g/mol. The maximum Gasteiger partial charge on any atom is 0.128 e. The lowest BCUT2D eigenvalue weighted by Gasteiger charge is -2.06. The summed E-state index contributed by atoms with van der Waals surface area (Å²) in [6.45, 7) is 2.21. The average molecular weight is 394 g/mol. The Labute approximate surface area is 177 Å². The van der Waals surface area contributed by atoms with Gasteiger partial charge in [-0.05, 0) is 73.4 Å². The number of fused-ring (bicyclic) bond motifs is 2. The first-order valence-electron chi connectivity index (χ1n) is 10.9. The van der Waals surface area contributed by atoms with Gasteiger partial charge in [0.25, 0.3) is 0 Å². The molecule has 5 rings (SSSR count). The summed E-state index contributed by atoms with van der Waals surface area (Å²) in [5, 5.41) is 1.33. The predicted molar refractivity (Wildman–Crippen MR) is 124 cm³/mol. The molecule has 0 radical (unpaired) electrons. The lowest BCUT2D eigenvalue weighted by molar-refractivity contribution is 0.757. The van der Waals surface area contributed by atoms with Gasteiger partial charge in [-0.15, -0.1) is 0 Å². The van der Waals surface area contributed by atoms with Crippen molar-refractivity contribution in [1.82, 2.24) is 15.0 Å². The molecule has 2 aromatic carbocycles. The molecule has 4 aromatic rings. The lowest BCUT2D eigenvalue weighted by Crippen LogP contribution is -2.02. The summed E-state index contributed by atoms with van der Waals surface area (Å²) in [5.74, 6) is 0.958. The number of nitrogens with one attached hydrogen (secondary N) is 1. The number of aromatic amines is 1. The number of benzene rings is 2. The number of hydrogen-bond donors (Lipinski definition) is 1. The second kappa shape index (κ2) is 8.27. The smallest absolute Gasteiger partial charge is 0.128 e. The standard InChI is InChI=1S/C27H27N3/c1-19-15-21-11-9-20(17-23(21)16-19)10-12-24-13-14-28-27(30-24)8-4-5-22-18-29-26-7-3-2-6-25(22)26/h2-3,6-7,9,11,13-14,16-18,29H,4-5,8,10,12,15H2,1H3. The molecular weight excluding hydrogens is 366 g/mol. The molecular formula is C27H27N3. The largest absolute Gasteiger partial charge is 0.361 e. The van der Waals surface area contributed by atoms with Gasteiger partial charge in [-0.3, -0.25) is 0 Å². The van der Waals surface area contributed by atoms with Crippen LogP contribution in [0.2, 0.25) is 0 Å². The van der Waals surface area contributed by atoms with Crippen LogP contribution in [-0.4, -0.2) is 15.0 Å². The first-order chi connectivity index (χ1) is 14.7. The minimum atomic E-state index is 0.913. The number of para-hydroxylation sites is 1. The summed E-state index contributed by atoms with van der Waals surface area (Å²) < 4.78 is 0. The van der Waals surface area contributed by atoms with E-state index in [2.05, 4.69) is 77.7 Å². The molecule has 0 saturated carbocycles. The van der Waals surface area contributed by atoms with Crippen LogP contribution in [-0.2, 0) is 32.1 Å². The highest BCUT2D eigenvalue weighted by Crippen LogP contribution is 2.26. The van der Waals surface area contributed by atoms with Gasteiger partial charge in [0.2, 0.25) is 0 Å². The SMILES string of the molecule is CC1=Cc2cc(CCc3ccnc(CCCc4c[nH]c5ccccc45)n3)ccc2C1. The van der Waals surface area contributed by atoms with Gasteiger partial charge < -0.3 is 4.98 Å². The lowest BCUT2D eigenvalue weighted by atomic mass is 10.0. The quantitative estimate of drug-likeness (QED) is 0.426. The van der Waals surface area contributed by atoms with Crippen molar-refractivity contribution in [3.05, 3.63) is 100 Å². The summed E-state index contributed by atoms with van der Waals surface area (Å²) in [7, 11) is 0. The molecule has 0 unspecified atom stereocenters. The van der Waals surface area contributed by atoms with E-state index in [-0.39, 0.29) is 0 Å². The third-order valence-corrected chi connectivity index (χ3v) is 6.04. The summed E-state index contributed by atoms with van der Waals surface area (Å²) >= 11 is 0. The van der Waals surface area contributed by atoms with E-state index >= 15 is 0 Å². The van der Waals surface area contributed by atoms with Crippen molar-refractivity contribution in [2.45, 2.75) is 45.4 Å². The van der Waals surface area contributed by atoms with Crippen molar-refractivity contribution in [2.24, 2.45) is 0 Å². The van der Waals surface area contributed by atoms with Gasteiger partial charge in [-0.1, -0.05) is 48.0 Å². The molecule has 3 nitrogen and oxygen atoms in total. The molecule has 2 heterocycles. The zero-order valence-electron chi connectivity index (χ0n) is 17.5. The molecule has 0 atom stereocenters. The maximum atomic E-state index is 4.82. The molecule has 1 aliphatic rings. The number of hydrogen-bond acceptors (Lipinski definition) is 2. The van der Waals surface area contributed by atoms with Crippen LogP contribution in [0.3, 0.4) is 0 Å². The van der Waals surface area contributed by atoms with Gasteiger partial charge in [-0.25, -0.2) is 9.97 Å². The predicted octanol–water partition coefficient (Wildman–Crippen LogP) is 5.88. The van der Waals surface area contributed by atoms with E-state index in [4.69, 9.17) is 4.98 Å². The molecule has 150 valence electrons. The Morgan fingerprint density at radius 3 is 2.87 bits per heavy atom. The zero-order valence-corrected chi connectivity index (χ0v) is 17.5. The fourth-order valence-electron chi connectivity index (χ4n) is 4.46. The molecule has 0 saturated heterocycles. The zero-order chi connectivity index (χ0) is 20.3. The van der Waals surface area contributed by atoms with E-state index < -0.39 is 0 Å². The van der Waals surface area contributed by atoms with Crippen molar-refractivity contribution in [2.75, 3.05) is 0 Å². The topological polar surface area (TPSA) is 41.6 Å². The van der Waals surface area contributed by atoms with Gasteiger partial charge >= 0.3 is 0 Å². The number of nitrogens with zero attached hydrogens (tertiary/aromatic N) is 2. The van der Waals surface area contributed by atoms with Crippen LogP contribution in [0.5, 0.6) is 0 Å². The van der Waals surface area contributed by atoms with Crippen LogP contribution in [0.15, 0.2) is 66.5 Å². The van der Waals surface area contributed by atoms with E-state index in [1.807, 2.05) is 6.20 Å². The normalized spacial score (nSPS) is 12.9. The van der Waals surface area contributed by atoms with Crippen LogP contribution in [0, 0.1) is 0 Å². The summed E-state index contributed by atoms with van der Waals surface area (Å²) in [6.07, 6.45) is 12.5. The third kappa shape index (κ3) is 4.06. The van der Waals surface area contributed by atoms with E-state index in [9.17, 15) is 0 Å². The first-order valence-corrected chi connectivity index (χ1v) is 10.9. The van der Waals surface area contributed by atoms with E-state index in [1.54, 1.807) is 0 Å². The Bertz CT molecular complexity index is 1220. The summed E-state index contributed by atoms with van der Waals surface area (Å²) in [5.41, 5.74) is 9.42. The van der Waals surface area contributed by atoms with Gasteiger partial charge in [0.15, 0.2) is 0 Å². The minimum Gasteiger partial charge on any atom is -0.361 e. The highest BCUT2D eigenvalue weighted by Gasteiger charge is 2.10. The van der Waals surface area contributed by atoms with Crippen LogP contribution in [0.4, 0.5) is 0 Å². The minimum absolute atomic E-state index is 0.913. The number of rotatable bonds is 7. The molecule has 2 aromatic heterocycles. The Balaban J connectivity index is 1.18. The van der Waals surface area contributed by atoms with Gasteiger partial charge in [0.05, 0.1) is 0 Å². The van der Waals surface area contributed by atoms with Gasteiger partial charge in [0.1, 0.15) is 5.82 Å². The molecule has 1 aliphatic carbocycles. The molecule has 0 aliphatic heterocycles. The van der Waals surface area contributed by atoms with Crippen LogP contribution in [0.25, 0.3) is 17.0 Å². The molecule has 0 bridgehead atoms. The Kier molecular flexibility index (Phi) is 5.18. The summed E-state index contributed by atoms with van der Waals surface area (Å²) in [4.78, 5) is 12.7. The first kappa shape index (κ1) is 18.8. The number of aromatic nitrogens is 3. The molecule has 0 amide bonds. The van der Waals surface area contributed by atoms with Crippen LogP contribution < -0.4 is 0 Å². The van der Waals surface area contributed by atoms with Crippen LogP contribution in [0.1, 0.15) is 47.1 Å². The average Bonchev–Trinajstić information content (AvgIpc) is 3.35. The molecule has 0 fully saturated rings. The van der Waals surface area contributed by atoms with Gasteiger partial charge in [0, 0.05) is 35.4 Å². The van der Waals surface area contributed by atoms with Gasteiger partial charge in [-0.2, -0.15) is 0 Å². The van der Waals surface area contributed by atoms with Crippen molar-refractivity contribution >= 4 is 17.0 Å².